The van der Waals surface area contributed by atoms with Crippen LogP contribution in [0.15, 0.2) is 24.3 Å². The first-order chi connectivity index (χ1) is 6.88. The SMILES string of the molecule is C#Cc1cccc(OC2CNNN2)c1. The zero-order valence-electron chi connectivity index (χ0n) is 7.58. The molecule has 1 fully saturated rings. The fourth-order valence-electron chi connectivity index (χ4n) is 1.22. The normalized spacial score (nSPS) is 20.4. The van der Waals surface area contributed by atoms with Gasteiger partial charge >= 0.3 is 0 Å². The minimum Gasteiger partial charge on any atom is -0.473 e. The van der Waals surface area contributed by atoms with Crippen LogP contribution < -0.4 is 21.1 Å². The van der Waals surface area contributed by atoms with E-state index < -0.39 is 0 Å². The molecular formula is C10H11N3O. The van der Waals surface area contributed by atoms with Gasteiger partial charge in [0.1, 0.15) is 5.75 Å². The van der Waals surface area contributed by atoms with Crippen molar-refractivity contribution < 1.29 is 4.74 Å². The second kappa shape index (κ2) is 4.11. The minimum absolute atomic E-state index is 0.0666. The van der Waals surface area contributed by atoms with Gasteiger partial charge in [-0.25, -0.2) is 10.9 Å². The third-order valence-electron chi connectivity index (χ3n) is 1.89. The van der Waals surface area contributed by atoms with Crippen LogP contribution in [0.1, 0.15) is 5.56 Å². The van der Waals surface area contributed by atoms with E-state index >= 15 is 0 Å². The standard InChI is InChI=1S/C10H11N3O/c1-2-8-4-3-5-9(6-8)14-10-7-11-13-12-10/h1,3-6,10-13H,7H2. The first-order valence-corrected chi connectivity index (χ1v) is 4.35. The molecule has 0 radical (unpaired) electrons. The molecule has 1 heterocycles. The number of hydrogen-bond donors (Lipinski definition) is 3. The Bertz CT molecular complexity index is 353. The number of rotatable bonds is 2. The van der Waals surface area contributed by atoms with Crippen LogP contribution in [0, 0.1) is 12.3 Å². The average Bonchev–Trinajstić information content (AvgIpc) is 2.71. The van der Waals surface area contributed by atoms with Crippen LogP contribution in [-0.2, 0) is 0 Å². The Kier molecular flexibility index (Phi) is 2.65. The minimum atomic E-state index is -0.0666. The Morgan fingerprint density at radius 1 is 1.50 bits per heavy atom. The topological polar surface area (TPSA) is 45.3 Å². The van der Waals surface area contributed by atoms with Crippen LogP contribution in [0.4, 0.5) is 0 Å². The van der Waals surface area contributed by atoms with Crippen molar-refractivity contribution in [2.24, 2.45) is 0 Å². The van der Waals surface area contributed by atoms with E-state index in [0.29, 0.717) is 6.54 Å². The molecule has 0 aliphatic carbocycles. The fourth-order valence-corrected chi connectivity index (χ4v) is 1.22. The van der Waals surface area contributed by atoms with Crippen LogP contribution >= 0.6 is 0 Å². The summed E-state index contributed by atoms with van der Waals surface area (Å²) < 4.78 is 5.59. The molecule has 4 nitrogen and oxygen atoms in total. The van der Waals surface area contributed by atoms with E-state index in [1.807, 2.05) is 24.3 Å². The average molecular weight is 189 g/mol. The van der Waals surface area contributed by atoms with Gasteiger partial charge in [0.2, 0.25) is 0 Å². The van der Waals surface area contributed by atoms with E-state index in [4.69, 9.17) is 11.2 Å². The van der Waals surface area contributed by atoms with Crippen molar-refractivity contribution >= 4 is 0 Å². The molecule has 0 aromatic heterocycles. The highest BCUT2D eigenvalue weighted by atomic mass is 16.5. The van der Waals surface area contributed by atoms with Crippen molar-refractivity contribution in [3.63, 3.8) is 0 Å². The summed E-state index contributed by atoms with van der Waals surface area (Å²) in [5.74, 6) is 3.33. The molecule has 1 aromatic carbocycles. The Labute approximate surface area is 82.6 Å². The smallest absolute Gasteiger partial charge is 0.177 e. The second-order valence-electron chi connectivity index (χ2n) is 2.93. The summed E-state index contributed by atoms with van der Waals surface area (Å²) in [6.07, 6.45) is 5.21. The van der Waals surface area contributed by atoms with E-state index in [0.717, 1.165) is 11.3 Å². The molecule has 0 saturated carbocycles. The monoisotopic (exact) mass is 189 g/mol. The molecule has 1 aliphatic heterocycles. The van der Waals surface area contributed by atoms with E-state index in [1.165, 1.54) is 0 Å². The maximum Gasteiger partial charge on any atom is 0.177 e. The molecule has 14 heavy (non-hydrogen) atoms. The number of terminal acetylenes is 1. The summed E-state index contributed by atoms with van der Waals surface area (Å²) in [5, 5.41) is 0. The predicted molar refractivity (Wildman–Crippen MR) is 53.1 cm³/mol. The number of hydrazine groups is 2. The zero-order chi connectivity index (χ0) is 9.80. The van der Waals surface area contributed by atoms with Gasteiger partial charge in [0.15, 0.2) is 6.23 Å². The van der Waals surface area contributed by atoms with Gasteiger partial charge in [0, 0.05) is 5.56 Å². The third kappa shape index (κ3) is 2.03. The Morgan fingerprint density at radius 3 is 3.14 bits per heavy atom. The van der Waals surface area contributed by atoms with Crippen molar-refractivity contribution in [2.45, 2.75) is 6.23 Å². The third-order valence-corrected chi connectivity index (χ3v) is 1.89. The fraction of sp³-hybridized carbons (Fsp3) is 0.200. The number of nitrogens with one attached hydrogen (secondary N) is 3. The van der Waals surface area contributed by atoms with Gasteiger partial charge in [0.25, 0.3) is 0 Å². The molecule has 3 N–H and O–H groups in total. The Hall–Kier alpha value is -1.54. The highest BCUT2D eigenvalue weighted by Crippen LogP contribution is 2.13. The molecule has 1 unspecified atom stereocenters. The molecule has 0 bridgehead atoms. The molecular weight excluding hydrogens is 178 g/mol. The van der Waals surface area contributed by atoms with Gasteiger partial charge in [-0.1, -0.05) is 12.0 Å². The van der Waals surface area contributed by atoms with Crippen molar-refractivity contribution in [1.82, 2.24) is 16.4 Å². The lowest BCUT2D eigenvalue weighted by atomic mass is 10.2. The first-order valence-electron chi connectivity index (χ1n) is 4.35. The maximum absolute atomic E-state index is 5.59. The summed E-state index contributed by atoms with van der Waals surface area (Å²) in [6, 6.07) is 7.45. The van der Waals surface area contributed by atoms with Crippen LogP contribution in [0.5, 0.6) is 5.75 Å². The quantitative estimate of drug-likeness (QED) is 0.572. The number of ether oxygens (including phenoxy) is 1. The highest BCUT2D eigenvalue weighted by molar-refractivity contribution is 5.38. The van der Waals surface area contributed by atoms with Gasteiger partial charge in [-0.2, -0.15) is 5.53 Å². The van der Waals surface area contributed by atoms with Crippen molar-refractivity contribution in [2.75, 3.05) is 6.54 Å². The molecule has 1 aliphatic rings. The van der Waals surface area contributed by atoms with Crippen molar-refractivity contribution in [3.05, 3.63) is 29.8 Å². The molecule has 0 spiro atoms. The van der Waals surface area contributed by atoms with E-state index in [2.05, 4.69) is 22.3 Å². The van der Waals surface area contributed by atoms with Crippen LogP contribution in [0.3, 0.4) is 0 Å². The molecule has 72 valence electrons. The van der Waals surface area contributed by atoms with E-state index in [9.17, 15) is 0 Å². The predicted octanol–water partition coefficient (Wildman–Crippen LogP) is -0.0148. The lowest BCUT2D eigenvalue weighted by Crippen LogP contribution is -2.36. The molecule has 1 saturated heterocycles. The van der Waals surface area contributed by atoms with Gasteiger partial charge in [-0.05, 0) is 18.2 Å². The van der Waals surface area contributed by atoms with Gasteiger partial charge in [-0.15, -0.1) is 6.42 Å². The highest BCUT2D eigenvalue weighted by Gasteiger charge is 2.14. The maximum atomic E-state index is 5.59. The summed E-state index contributed by atoms with van der Waals surface area (Å²) in [5.41, 5.74) is 9.38. The zero-order valence-corrected chi connectivity index (χ0v) is 7.58. The molecule has 1 atom stereocenters. The molecule has 4 heteroatoms. The summed E-state index contributed by atoms with van der Waals surface area (Å²) >= 11 is 0. The Morgan fingerprint density at radius 2 is 2.43 bits per heavy atom. The van der Waals surface area contributed by atoms with Gasteiger partial charge < -0.3 is 4.74 Å². The molecule has 0 amide bonds. The lowest BCUT2D eigenvalue weighted by molar-refractivity contribution is 0.191. The van der Waals surface area contributed by atoms with Crippen LogP contribution in [0.2, 0.25) is 0 Å². The Balaban J connectivity index is 2.05. The number of hydrogen-bond acceptors (Lipinski definition) is 4. The van der Waals surface area contributed by atoms with Crippen LogP contribution in [0.25, 0.3) is 0 Å². The van der Waals surface area contributed by atoms with Gasteiger partial charge in [-0.3, -0.25) is 0 Å². The van der Waals surface area contributed by atoms with Crippen molar-refractivity contribution in [1.29, 1.82) is 0 Å². The van der Waals surface area contributed by atoms with Gasteiger partial charge in [0.05, 0.1) is 6.54 Å². The second-order valence-corrected chi connectivity index (χ2v) is 2.93. The summed E-state index contributed by atoms with van der Waals surface area (Å²) in [6.45, 7) is 0.709. The van der Waals surface area contributed by atoms with E-state index in [-0.39, 0.29) is 6.23 Å². The number of benzene rings is 1. The van der Waals surface area contributed by atoms with Crippen molar-refractivity contribution in [3.8, 4) is 18.1 Å². The summed E-state index contributed by atoms with van der Waals surface area (Å²) in [7, 11) is 0. The molecule has 2 rings (SSSR count). The molecule has 1 aromatic rings. The van der Waals surface area contributed by atoms with Crippen LogP contribution in [-0.4, -0.2) is 12.8 Å². The first kappa shape index (κ1) is 9.03. The van der Waals surface area contributed by atoms with E-state index in [1.54, 1.807) is 0 Å². The lowest BCUT2D eigenvalue weighted by Gasteiger charge is -2.11. The summed E-state index contributed by atoms with van der Waals surface area (Å²) in [4.78, 5) is 0. The largest absolute Gasteiger partial charge is 0.473 e.